The molecule has 1 aliphatic rings. The topological polar surface area (TPSA) is 50.2 Å². The molecule has 0 fully saturated rings. The Labute approximate surface area is 130 Å². The zero-order valence-corrected chi connectivity index (χ0v) is 12.1. The minimum Gasteiger partial charge on any atom is -0.505 e. The molecule has 0 amide bonds. The summed E-state index contributed by atoms with van der Waals surface area (Å²) in [6, 6.07) is 1.97. The number of benzene rings is 1. The van der Waals surface area contributed by atoms with Crippen LogP contribution in [0, 0.1) is 17.6 Å². The molecule has 0 saturated heterocycles. The summed E-state index contributed by atoms with van der Waals surface area (Å²) < 4.78 is 65.6. The molecule has 0 bridgehead atoms. The number of nitrogens with zero attached hydrogens (tertiary/aromatic N) is 1. The van der Waals surface area contributed by atoms with Crippen molar-refractivity contribution in [2.24, 2.45) is 5.92 Å². The fraction of sp³-hybridized carbons (Fsp3) is 0.286. The van der Waals surface area contributed by atoms with Gasteiger partial charge in [0.15, 0.2) is 17.3 Å². The SMILES string of the molecule is O=C1c2sc(-c3ccc(O)c(F)c3F)nc2CCC1C(F)(F)F. The fourth-order valence-corrected chi connectivity index (χ4v) is 3.54. The summed E-state index contributed by atoms with van der Waals surface area (Å²) in [5, 5.41) is 8.99. The Bertz CT molecular complexity index is 799. The van der Waals surface area contributed by atoms with Gasteiger partial charge in [0.25, 0.3) is 0 Å². The number of phenolic OH excluding ortho intramolecular Hbond substituents is 1. The van der Waals surface area contributed by atoms with E-state index >= 15 is 0 Å². The number of hydrogen-bond acceptors (Lipinski definition) is 4. The van der Waals surface area contributed by atoms with Crippen LogP contribution < -0.4 is 0 Å². The maximum absolute atomic E-state index is 13.8. The normalized spacial score (nSPS) is 18.1. The van der Waals surface area contributed by atoms with Crippen LogP contribution in [0.2, 0.25) is 0 Å². The first-order valence-electron chi connectivity index (χ1n) is 6.48. The molecule has 0 radical (unpaired) electrons. The summed E-state index contributed by atoms with van der Waals surface area (Å²) >= 11 is 0.596. The number of fused-ring (bicyclic) bond motifs is 1. The van der Waals surface area contributed by atoms with Gasteiger partial charge >= 0.3 is 6.18 Å². The number of aromatic hydroxyl groups is 1. The maximum Gasteiger partial charge on any atom is 0.399 e. The average Bonchev–Trinajstić information content (AvgIpc) is 2.88. The zero-order valence-electron chi connectivity index (χ0n) is 11.2. The molecule has 0 aliphatic heterocycles. The van der Waals surface area contributed by atoms with Crippen molar-refractivity contribution < 1.29 is 31.9 Å². The minimum absolute atomic E-state index is 0.0655. The molecule has 1 aromatic carbocycles. The minimum atomic E-state index is -4.64. The smallest absolute Gasteiger partial charge is 0.399 e. The van der Waals surface area contributed by atoms with Crippen molar-refractivity contribution in [3.63, 3.8) is 0 Å². The van der Waals surface area contributed by atoms with E-state index in [2.05, 4.69) is 4.98 Å². The van der Waals surface area contributed by atoms with Crippen LogP contribution in [0.15, 0.2) is 12.1 Å². The molecular formula is C14H8F5NO2S. The number of rotatable bonds is 1. The third kappa shape index (κ3) is 2.58. The zero-order chi connectivity index (χ0) is 16.9. The highest BCUT2D eigenvalue weighted by Gasteiger charge is 2.48. The number of hydrogen-bond donors (Lipinski definition) is 1. The molecule has 1 heterocycles. The molecule has 1 atom stereocenters. The molecule has 3 nitrogen and oxygen atoms in total. The number of phenols is 1. The molecule has 1 N–H and O–H groups in total. The Morgan fingerprint density at radius 2 is 1.91 bits per heavy atom. The molecular weight excluding hydrogens is 341 g/mol. The van der Waals surface area contributed by atoms with Crippen LogP contribution in [0.4, 0.5) is 22.0 Å². The summed E-state index contributed by atoms with van der Waals surface area (Å²) in [4.78, 5) is 15.7. The van der Waals surface area contributed by atoms with Gasteiger partial charge in [0.05, 0.1) is 10.6 Å². The number of halogens is 5. The monoisotopic (exact) mass is 349 g/mol. The molecule has 0 saturated carbocycles. The number of thiazole rings is 1. The highest BCUT2D eigenvalue weighted by molar-refractivity contribution is 7.17. The molecule has 23 heavy (non-hydrogen) atoms. The third-order valence-corrected chi connectivity index (χ3v) is 4.74. The third-order valence-electron chi connectivity index (χ3n) is 3.59. The summed E-state index contributed by atoms with van der Waals surface area (Å²) in [6.07, 6.45) is -5.12. The predicted octanol–water partition coefficient (Wildman–Crippen LogP) is 4.10. The highest BCUT2D eigenvalue weighted by atomic mass is 32.1. The number of carbonyl (C=O) groups excluding carboxylic acids is 1. The Hall–Kier alpha value is -2.03. The molecule has 1 unspecified atom stereocenters. The summed E-state index contributed by atoms with van der Waals surface area (Å²) in [5.74, 6) is -6.92. The fourth-order valence-electron chi connectivity index (χ4n) is 2.42. The van der Waals surface area contributed by atoms with E-state index in [9.17, 15) is 26.7 Å². The van der Waals surface area contributed by atoms with Crippen molar-refractivity contribution in [2.75, 3.05) is 0 Å². The number of aromatic nitrogens is 1. The van der Waals surface area contributed by atoms with Gasteiger partial charge in [-0.3, -0.25) is 4.79 Å². The van der Waals surface area contributed by atoms with Gasteiger partial charge < -0.3 is 5.11 Å². The van der Waals surface area contributed by atoms with Crippen LogP contribution in [0.1, 0.15) is 21.8 Å². The number of alkyl halides is 3. The first-order valence-corrected chi connectivity index (χ1v) is 7.29. The molecule has 2 aromatic rings. The van der Waals surface area contributed by atoms with Gasteiger partial charge in [0, 0.05) is 5.56 Å². The lowest BCUT2D eigenvalue weighted by atomic mass is 9.89. The van der Waals surface area contributed by atoms with E-state index in [-0.39, 0.29) is 27.6 Å². The van der Waals surface area contributed by atoms with E-state index in [4.69, 9.17) is 5.11 Å². The Morgan fingerprint density at radius 1 is 1.22 bits per heavy atom. The molecule has 1 aromatic heterocycles. The summed E-state index contributed by atoms with van der Waals surface area (Å²) in [5.41, 5.74) is -0.153. The molecule has 122 valence electrons. The average molecular weight is 349 g/mol. The van der Waals surface area contributed by atoms with Gasteiger partial charge in [-0.15, -0.1) is 11.3 Å². The van der Waals surface area contributed by atoms with Gasteiger partial charge in [0.2, 0.25) is 5.82 Å². The molecule has 0 spiro atoms. The number of aryl methyl sites for hydroxylation is 1. The lowest BCUT2D eigenvalue weighted by Gasteiger charge is -2.21. The second-order valence-corrected chi connectivity index (χ2v) is 6.05. The van der Waals surface area contributed by atoms with E-state index < -0.39 is 41.7 Å². The summed E-state index contributed by atoms with van der Waals surface area (Å²) in [6.45, 7) is 0. The van der Waals surface area contributed by atoms with Crippen molar-refractivity contribution in [3.8, 4) is 16.3 Å². The number of carbonyl (C=O) groups is 1. The molecule has 3 rings (SSSR count). The van der Waals surface area contributed by atoms with Gasteiger partial charge in [0.1, 0.15) is 10.9 Å². The number of Topliss-reactive ketones (excluding diaryl/α,β-unsaturated/α-hetero) is 1. The van der Waals surface area contributed by atoms with Crippen LogP contribution in [0.25, 0.3) is 10.6 Å². The predicted molar refractivity (Wildman–Crippen MR) is 71.3 cm³/mol. The molecule has 1 aliphatic carbocycles. The Kier molecular flexibility index (Phi) is 3.62. The Morgan fingerprint density at radius 3 is 2.57 bits per heavy atom. The second kappa shape index (κ2) is 5.26. The van der Waals surface area contributed by atoms with Gasteiger partial charge in [-0.1, -0.05) is 0 Å². The van der Waals surface area contributed by atoms with E-state index in [0.29, 0.717) is 11.3 Å². The number of ketones is 1. The van der Waals surface area contributed by atoms with Gasteiger partial charge in [-0.2, -0.15) is 17.6 Å². The van der Waals surface area contributed by atoms with Crippen molar-refractivity contribution in [1.29, 1.82) is 0 Å². The first kappa shape index (κ1) is 15.9. The molecule has 9 heteroatoms. The van der Waals surface area contributed by atoms with Gasteiger partial charge in [-0.05, 0) is 25.0 Å². The maximum atomic E-state index is 13.8. The van der Waals surface area contributed by atoms with E-state index in [1.165, 1.54) is 0 Å². The van der Waals surface area contributed by atoms with E-state index in [1.807, 2.05) is 0 Å². The van der Waals surface area contributed by atoms with Crippen molar-refractivity contribution in [3.05, 3.63) is 34.3 Å². The van der Waals surface area contributed by atoms with Crippen LogP contribution >= 0.6 is 11.3 Å². The Balaban J connectivity index is 2.05. The van der Waals surface area contributed by atoms with Crippen molar-refractivity contribution in [1.82, 2.24) is 4.98 Å². The highest BCUT2D eigenvalue weighted by Crippen LogP contribution is 2.41. The second-order valence-electron chi connectivity index (χ2n) is 5.05. The lowest BCUT2D eigenvalue weighted by molar-refractivity contribution is -0.162. The van der Waals surface area contributed by atoms with E-state index in [1.54, 1.807) is 0 Å². The van der Waals surface area contributed by atoms with Crippen LogP contribution in [0.3, 0.4) is 0 Å². The lowest BCUT2D eigenvalue weighted by Crippen LogP contribution is -2.34. The largest absolute Gasteiger partial charge is 0.505 e. The van der Waals surface area contributed by atoms with E-state index in [0.717, 1.165) is 12.1 Å². The van der Waals surface area contributed by atoms with Gasteiger partial charge in [-0.25, -0.2) is 9.37 Å². The summed E-state index contributed by atoms with van der Waals surface area (Å²) in [7, 11) is 0. The van der Waals surface area contributed by atoms with Crippen LogP contribution in [-0.2, 0) is 6.42 Å². The van der Waals surface area contributed by atoms with Crippen molar-refractivity contribution >= 4 is 17.1 Å². The van der Waals surface area contributed by atoms with Crippen LogP contribution in [-0.4, -0.2) is 22.1 Å². The standard InChI is InChI=1S/C14H8F5NO2S/c15-9-5(1-4-8(21)10(9)16)13-20-7-3-2-6(14(17,18)19)11(22)12(7)23-13/h1,4,6,21H,2-3H2. The van der Waals surface area contributed by atoms with Crippen LogP contribution in [0.5, 0.6) is 5.75 Å². The quantitative estimate of drug-likeness (QED) is 0.789. The van der Waals surface area contributed by atoms with Crippen molar-refractivity contribution in [2.45, 2.75) is 19.0 Å². The first-order chi connectivity index (χ1) is 10.7.